The standard InChI is InChI=1S/C13H16N2O2/c1-9-2-4-10(5-3-9)8-14-13(17)15-12(16)11-6-7-11/h2-5,11H,6-8H2,1H3,(H2,14,15,16,17). The van der Waals surface area contributed by atoms with Gasteiger partial charge in [0, 0.05) is 12.5 Å². The zero-order valence-electron chi connectivity index (χ0n) is 9.82. The summed E-state index contributed by atoms with van der Waals surface area (Å²) < 4.78 is 0. The van der Waals surface area contributed by atoms with Crippen LogP contribution in [0.3, 0.4) is 0 Å². The minimum absolute atomic E-state index is 0.0557. The summed E-state index contributed by atoms with van der Waals surface area (Å²) in [5.41, 5.74) is 2.20. The number of benzene rings is 1. The molecule has 0 heterocycles. The molecule has 4 nitrogen and oxygen atoms in total. The number of nitrogens with one attached hydrogen (secondary N) is 2. The maximum absolute atomic E-state index is 11.4. The molecule has 2 N–H and O–H groups in total. The lowest BCUT2D eigenvalue weighted by atomic mass is 10.1. The Morgan fingerprint density at radius 2 is 1.88 bits per heavy atom. The third-order valence-electron chi connectivity index (χ3n) is 2.76. The third-order valence-corrected chi connectivity index (χ3v) is 2.76. The van der Waals surface area contributed by atoms with Crippen LogP contribution in [0.5, 0.6) is 0 Å². The number of hydrogen-bond acceptors (Lipinski definition) is 2. The van der Waals surface area contributed by atoms with E-state index in [4.69, 9.17) is 0 Å². The fourth-order valence-corrected chi connectivity index (χ4v) is 1.49. The van der Waals surface area contributed by atoms with Crippen LogP contribution in [0.15, 0.2) is 24.3 Å². The van der Waals surface area contributed by atoms with Crippen molar-refractivity contribution in [3.8, 4) is 0 Å². The first-order valence-electron chi connectivity index (χ1n) is 5.79. The average molecular weight is 232 g/mol. The quantitative estimate of drug-likeness (QED) is 0.833. The zero-order chi connectivity index (χ0) is 12.3. The summed E-state index contributed by atoms with van der Waals surface area (Å²) in [5, 5.41) is 5.00. The predicted molar refractivity (Wildman–Crippen MR) is 64.3 cm³/mol. The van der Waals surface area contributed by atoms with Crippen LogP contribution in [0.2, 0.25) is 0 Å². The molecule has 90 valence electrons. The average Bonchev–Trinajstić information content (AvgIpc) is 3.12. The van der Waals surface area contributed by atoms with E-state index >= 15 is 0 Å². The van der Waals surface area contributed by atoms with Crippen molar-refractivity contribution in [1.82, 2.24) is 10.6 Å². The van der Waals surface area contributed by atoms with E-state index in [0.29, 0.717) is 6.54 Å². The first-order valence-corrected chi connectivity index (χ1v) is 5.79. The second-order valence-corrected chi connectivity index (χ2v) is 4.43. The monoisotopic (exact) mass is 232 g/mol. The van der Waals surface area contributed by atoms with Gasteiger partial charge in [-0.2, -0.15) is 0 Å². The molecule has 2 rings (SSSR count). The largest absolute Gasteiger partial charge is 0.334 e. The maximum atomic E-state index is 11.4. The van der Waals surface area contributed by atoms with Gasteiger partial charge in [0.15, 0.2) is 0 Å². The van der Waals surface area contributed by atoms with Crippen LogP contribution < -0.4 is 10.6 Å². The first kappa shape index (κ1) is 11.6. The van der Waals surface area contributed by atoms with Crippen LogP contribution in [-0.4, -0.2) is 11.9 Å². The van der Waals surface area contributed by atoms with Crippen molar-refractivity contribution < 1.29 is 9.59 Å². The van der Waals surface area contributed by atoms with Gasteiger partial charge in [0.05, 0.1) is 0 Å². The van der Waals surface area contributed by atoms with Gasteiger partial charge in [0.25, 0.3) is 0 Å². The molecule has 0 aromatic heterocycles. The number of hydrogen-bond donors (Lipinski definition) is 2. The zero-order valence-corrected chi connectivity index (χ0v) is 9.82. The highest BCUT2D eigenvalue weighted by atomic mass is 16.2. The molecule has 1 aliphatic rings. The number of imide groups is 1. The van der Waals surface area contributed by atoms with Gasteiger partial charge < -0.3 is 5.32 Å². The van der Waals surface area contributed by atoms with Crippen molar-refractivity contribution in [1.29, 1.82) is 0 Å². The summed E-state index contributed by atoms with van der Waals surface area (Å²) in [6, 6.07) is 7.48. The molecule has 0 saturated heterocycles. The van der Waals surface area contributed by atoms with Crippen molar-refractivity contribution in [3.63, 3.8) is 0 Å². The molecule has 1 fully saturated rings. The van der Waals surface area contributed by atoms with E-state index in [1.807, 2.05) is 31.2 Å². The molecule has 1 aromatic rings. The molecule has 0 atom stereocenters. The second-order valence-electron chi connectivity index (χ2n) is 4.43. The Labute approximate surface area is 100 Å². The minimum Gasteiger partial charge on any atom is -0.334 e. The molecule has 0 unspecified atom stereocenters. The number of aryl methyl sites for hydroxylation is 1. The van der Waals surface area contributed by atoms with Crippen LogP contribution in [0.25, 0.3) is 0 Å². The van der Waals surface area contributed by atoms with Crippen molar-refractivity contribution in [3.05, 3.63) is 35.4 Å². The van der Waals surface area contributed by atoms with Crippen molar-refractivity contribution >= 4 is 11.9 Å². The van der Waals surface area contributed by atoms with Gasteiger partial charge in [0.2, 0.25) is 5.91 Å². The molecule has 0 bridgehead atoms. The van der Waals surface area contributed by atoms with Crippen LogP contribution in [0.1, 0.15) is 24.0 Å². The van der Waals surface area contributed by atoms with Crippen LogP contribution in [0.4, 0.5) is 4.79 Å². The lowest BCUT2D eigenvalue weighted by Gasteiger charge is -2.06. The molecule has 1 aliphatic carbocycles. The van der Waals surface area contributed by atoms with Gasteiger partial charge in [-0.1, -0.05) is 29.8 Å². The summed E-state index contributed by atoms with van der Waals surface area (Å²) in [4.78, 5) is 22.7. The van der Waals surface area contributed by atoms with Gasteiger partial charge in [-0.05, 0) is 25.3 Å². The number of carbonyl (C=O) groups is 2. The topological polar surface area (TPSA) is 58.2 Å². The normalized spacial score (nSPS) is 14.2. The van der Waals surface area contributed by atoms with E-state index in [2.05, 4.69) is 10.6 Å². The van der Waals surface area contributed by atoms with Gasteiger partial charge in [-0.3, -0.25) is 10.1 Å². The Hall–Kier alpha value is -1.84. The summed E-state index contributed by atoms with van der Waals surface area (Å²) in [7, 11) is 0. The Morgan fingerprint density at radius 3 is 2.47 bits per heavy atom. The highest BCUT2D eigenvalue weighted by molar-refractivity contribution is 5.96. The molecule has 1 aromatic carbocycles. The smallest absolute Gasteiger partial charge is 0.321 e. The van der Waals surface area contributed by atoms with Crippen molar-refractivity contribution in [2.75, 3.05) is 0 Å². The molecule has 0 spiro atoms. The van der Waals surface area contributed by atoms with Gasteiger partial charge in [-0.15, -0.1) is 0 Å². The molecule has 0 aliphatic heterocycles. The fraction of sp³-hybridized carbons (Fsp3) is 0.385. The van der Waals surface area contributed by atoms with Crippen LogP contribution >= 0.6 is 0 Å². The predicted octanol–water partition coefficient (Wildman–Crippen LogP) is 1.73. The van der Waals surface area contributed by atoms with Crippen LogP contribution in [0, 0.1) is 12.8 Å². The fourth-order valence-electron chi connectivity index (χ4n) is 1.49. The van der Waals surface area contributed by atoms with Crippen molar-refractivity contribution in [2.45, 2.75) is 26.3 Å². The summed E-state index contributed by atoms with van der Waals surface area (Å²) in [6.07, 6.45) is 1.80. The van der Waals surface area contributed by atoms with Gasteiger partial charge in [0.1, 0.15) is 0 Å². The highest BCUT2D eigenvalue weighted by Gasteiger charge is 2.30. The highest BCUT2D eigenvalue weighted by Crippen LogP contribution is 2.28. The van der Waals surface area contributed by atoms with E-state index in [-0.39, 0.29) is 11.8 Å². The molecule has 3 amide bonds. The first-order chi connectivity index (χ1) is 8.15. The SMILES string of the molecule is Cc1ccc(CNC(=O)NC(=O)C2CC2)cc1. The Bertz CT molecular complexity index is 422. The van der Waals surface area contributed by atoms with Gasteiger partial charge >= 0.3 is 6.03 Å². The maximum Gasteiger partial charge on any atom is 0.321 e. The van der Waals surface area contributed by atoms with Crippen molar-refractivity contribution in [2.24, 2.45) is 5.92 Å². The van der Waals surface area contributed by atoms with Gasteiger partial charge in [-0.25, -0.2) is 4.79 Å². The molecular weight excluding hydrogens is 216 g/mol. The number of amides is 3. The molecule has 4 heteroatoms. The summed E-state index contributed by atoms with van der Waals surface area (Å²) in [6.45, 7) is 2.45. The molecule has 1 saturated carbocycles. The molecular formula is C13H16N2O2. The Balaban J connectivity index is 1.75. The lowest BCUT2D eigenvalue weighted by Crippen LogP contribution is -2.39. The van der Waals surface area contributed by atoms with E-state index < -0.39 is 6.03 Å². The van der Waals surface area contributed by atoms with E-state index in [9.17, 15) is 9.59 Å². The Morgan fingerprint density at radius 1 is 1.24 bits per heavy atom. The van der Waals surface area contributed by atoms with E-state index in [1.54, 1.807) is 0 Å². The van der Waals surface area contributed by atoms with E-state index in [1.165, 1.54) is 5.56 Å². The number of carbonyl (C=O) groups excluding carboxylic acids is 2. The summed E-state index contributed by atoms with van der Waals surface area (Å²) >= 11 is 0. The number of rotatable bonds is 3. The lowest BCUT2D eigenvalue weighted by molar-refractivity contribution is -0.121. The number of urea groups is 1. The second kappa shape index (κ2) is 4.99. The van der Waals surface area contributed by atoms with Crippen LogP contribution in [-0.2, 0) is 11.3 Å². The van der Waals surface area contributed by atoms with E-state index in [0.717, 1.165) is 18.4 Å². The summed E-state index contributed by atoms with van der Waals surface area (Å²) in [5.74, 6) is -0.105. The molecule has 17 heavy (non-hydrogen) atoms. The Kier molecular flexibility index (Phi) is 3.42. The molecule has 0 radical (unpaired) electrons. The third kappa shape index (κ3) is 3.59. The minimum atomic E-state index is -0.414.